The molecule has 1 aromatic carbocycles. The third-order valence-electron chi connectivity index (χ3n) is 5.92. The average Bonchev–Trinajstić information content (AvgIpc) is 2.79. The monoisotopic (exact) mass is 440 g/mol. The number of aliphatic hydroxyl groups is 1. The zero-order valence-electron chi connectivity index (χ0n) is 18.8. The van der Waals surface area contributed by atoms with Crippen LogP contribution >= 0.6 is 0 Å². The molecule has 0 saturated carbocycles. The number of hydrogen-bond donors (Lipinski definition) is 3. The number of benzene rings is 1. The van der Waals surface area contributed by atoms with Crippen molar-refractivity contribution in [1.29, 1.82) is 0 Å². The number of ether oxygens (including phenoxy) is 1. The van der Waals surface area contributed by atoms with E-state index in [-0.39, 0.29) is 18.7 Å². The molecule has 0 radical (unpaired) electrons. The molecule has 1 aromatic heterocycles. The van der Waals surface area contributed by atoms with Crippen molar-refractivity contribution < 1.29 is 14.6 Å². The van der Waals surface area contributed by atoms with Crippen molar-refractivity contribution in [2.45, 2.75) is 32.9 Å². The summed E-state index contributed by atoms with van der Waals surface area (Å²) in [5.41, 5.74) is 3.84. The molecule has 2 amide bonds. The summed E-state index contributed by atoms with van der Waals surface area (Å²) < 4.78 is 5.64. The number of anilines is 2. The molecular formula is C23H32N6O3. The molecule has 0 unspecified atom stereocenters. The summed E-state index contributed by atoms with van der Waals surface area (Å²) >= 11 is 0. The minimum Gasteiger partial charge on any atom is -0.395 e. The lowest BCUT2D eigenvalue weighted by Gasteiger charge is -2.37. The lowest BCUT2D eigenvalue weighted by atomic mass is 10.0. The maximum Gasteiger partial charge on any atom is 0.319 e. The molecule has 172 valence electrons. The number of morpholine rings is 1. The minimum atomic E-state index is -0.224. The van der Waals surface area contributed by atoms with E-state index >= 15 is 0 Å². The number of urea groups is 1. The van der Waals surface area contributed by atoms with Gasteiger partial charge >= 0.3 is 6.03 Å². The average molecular weight is 441 g/mol. The molecule has 4 rings (SSSR count). The molecular weight excluding hydrogens is 408 g/mol. The number of carbonyl (C=O) groups is 1. The summed E-state index contributed by atoms with van der Waals surface area (Å²) in [7, 11) is 0. The summed E-state index contributed by atoms with van der Waals surface area (Å²) in [6.07, 6.45) is 0.865. The molecule has 9 heteroatoms. The van der Waals surface area contributed by atoms with Gasteiger partial charge in [-0.1, -0.05) is 0 Å². The van der Waals surface area contributed by atoms with Crippen molar-refractivity contribution in [3.05, 3.63) is 35.5 Å². The van der Waals surface area contributed by atoms with Crippen LogP contribution in [0.25, 0.3) is 11.4 Å². The molecule has 32 heavy (non-hydrogen) atoms. The van der Waals surface area contributed by atoms with Crippen molar-refractivity contribution >= 4 is 17.5 Å². The van der Waals surface area contributed by atoms with E-state index in [1.807, 2.05) is 31.2 Å². The molecule has 1 atom stereocenters. The largest absolute Gasteiger partial charge is 0.395 e. The van der Waals surface area contributed by atoms with E-state index in [2.05, 4.69) is 27.4 Å². The van der Waals surface area contributed by atoms with Crippen LogP contribution in [0.3, 0.4) is 0 Å². The van der Waals surface area contributed by atoms with E-state index in [0.717, 1.165) is 36.6 Å². The first-order valence-electron chi connectivity index (χ1n) is 11.3. The third kappa shape index (κ3) is 5.01. The maximum absolute atomic E-state index is 11.8. The van der Waals surface area contributed by atoms with Gasteiger partial charge in [0.1, 0.15) is 5.82 Å². The first-order chi connectivity index (χ1) is 15.6. The second kappa shape index (κ2) is 10.2. The summed E-state index contributed by atoms with van der Waals surface area (Å²) in [6, 6.07) is 7.62. The number of amides is 2. The standard InChI is InChI=1S/C23H32N6O3/c1-3-24-23(31)25-18-6-4-17(5-7-18)21-26-20-14-28(10-12-30)9-8-19(20)22(27-21)29-11-13-32-15-16(29)2/h4-7,16,30H,3,8-15H2,1-2H3,(H2,24,25,31)/t16-/m0/s1. The van der Waals surface area contributed by atoms with Gasteiger partial charge in [-0.3, -0.25) is 4.90 Å². The fourth-order valence-electron chi connectivity index (χ4n) is 4.24. The van der Waals surface area contributed by atoms with Crippen LogP contribution in [0.4, 0.5) is 16.3 Å². The first-order valence-corrected chi connectivity index (χ1v) is 11.3. The van der Waals surface area contributed by atoms with Crippen molar-refractivity contribution in [3.63, 3.8) is 0 Å². The van der Waals surface area contributed by atoms with Crippen LogP contribution in [0.15, 0.2) is 24.3 Å². The quantitative estimate of drug-likeness (QED) is 0.630. The molecule has 0 bridgehead atoms. The molecule has 3 N–H and O–H groups in total. The number of aromatic nitrogens is 2. The Morgan fingerprint density at radius 1 is 1.25 bits per heavy atom. The van der Waals surface area contributed by atoms with E-state index in [1.165, 1.54) is 5.56 Å². The van der Waals surface area contributed by atoms with Gasteiger partial charge in [0.2, 0.25) is 0 Å². The highest BCUT2D eigenvalue weighted by Crippen LogP contribution is 2.31. The molecule has 3 heterocycles. The van der Waals surface area contributed by atoms with E-state index in [9.17, 15) is 9.90 Å². The van der Waals surface area contributed by atoms with Crippen LogP contribution in [0, 0.1) is 0 Å². The number of nitrogens with one attached hydrogen (secondary N) is 2. The van der Waals surface area contributed by atoms with Gasteiger partial charge in [-0.05, 0) is 44.5 Å². The Morgan fingerprint density at radius 2 is 2.06 bits per heavy atom. The van der Waals surface area contributed by atoms with Crippen LogP contribution in [0.2, 0.25) is 0 Å². The van der Waals surface area contributed by atoms with Gasteiger partial charge in [0.25, 0.3) is 0 Å². The highest BCUT2D eigenvalue weighted by molar-refractivity contribution is 5.89. The topological polar surface area (TPSA) is 103 Å². The Bertz CT molecular complexity index is 936. The molecule has 0 spiro atoms. The Kier molecular flexibility index (Phi) is 7.19. The summed E-state index contributed by atoms with van der Waals surface area (Å²) in [4.78, 5) is 26.3. The van der Waals surface area contributed by atoms with Gasteiger partial charge in [-0.15, -0.1) is 0 Å². The first kappa shape index (κ1) is 22.4. The number of nitrogens with zero attached hydrogens (tertiary/aromatic N) is 4. The van der Waals surface area contributed by atoms with Crippen LogP contribution < -0.4 is 15.5 Å². The van der Waals surface area contributed by atoms with Gasteiger partial charge < -0.3 is 25.4 Å². The lowest BCUT2D eigenvalue weighted by Crippen LogP contribution is -2.45. The summed E-state index contributed by atoms with van der Waals surface area (Å²) in [6.45, 7) is 9.17. The third-order valence-corrected chi connectivity index (χ3v) is 5.92. The second-order valence-corrected chi connectivity index (χ2v) is 8.22. The van der Waals surface area contributed by atoms with Crippen molar-refractivity contribution in [2.24, 2.45) is 0 Å². The maximum atomic E-state index is 11.8. The van der Waals surface area contributed by atoms with Gasteiger partial charge in [0.15, 0.2) is 5.82 Å². The molecule has 0 aliphatic carbocycles. The SMILES string of the molecule is CCNC(=O)Nc1ccc(-c2nc3c(c(N4CCOC[C@@H]4C)n2)CCN(CCO)C3)cc1. The highest BCUT2D eigenvalue weighted by atomic mass is 16.5. The Labute approximate surface area is 188 Å². The van der Waals surface area contributed by atoms with E-state index < -0.39 is 0 Å². The number of aliphatic hydroxyl groups excluding tert-OH is 1. The van der Waals surface area contributed by atoms with E-state index in [0.29, 0.717) is 44.4 Å². The van der Waals surface area contributed by atoms with Gasteiger partial charge in [0.05, 0.1) is 31.6 Å². The molecule has 2 aromatic rings. The van der Waals surface area contributed by atoms with Crippen LogP contribution in [0.5, 0.6) is 0 Å². The second-order valence-electron chi connectivity index (χ2n) is 8.22. The van der Waals surface area contributed by atoms with Crippen molar-refractivity contribution in [2.75, 3.05) is 56.2 Å². The zero-order valence-corrected chi connectivity index (χ0v) is 18.8. The molecule has 9 nitrogen and oxygen atoms in total. The number of fused-ring (bicyclic) bond motifs is 1. The fourth-order valence-corrected chi connectivity index (χ4v) is 4.24. The predicted octanol–water partition coefficient (Wildman–Crippen LogP) is 1.86. The smallest absolute Gasteiger partial charge is 0.319 e. The summed E-state index contributed by atoms with van der Waals surface area (Å²) in [5.74, 6) is 1.67. The number of β-amino-alcohol motifs (C(OH)–C–C–N with tert-alkyl or cyclic N) is 1. The van der Waals surface area contributed by atoms with Gasteiger partial charge in [0, 0.05) is 49.5 Å². The Morgan fingerprint density at radius 3 is 2.78 bits per heavy atom. The fraction of sp³-hybridized carbons (Fsp3) is 0.522. The van der Waals surface area contributed by atoms with E-state index in [4.69, 9.17) is 14.7 Å². The lowest BCUT2D eigenvalue weighted by molar-refractivity contribution is 0.0983. The van der Waals surface area contributed by atoms with Crippen LogP contribution in [-0.4, -0.2) is 78.0 Å². The molecule has 2 aliphatic heterocycles. The van der Waals surface area contributed by atoms with E-state index in [1.54, 1.807) is 0 Å². The highest BCUT2D eigenvalue weighted by Gasteiger charge is 2.28. The Balaban J connectivity index is 1.67. The zero-order chi connectivity index (χ0) is 22.5. The molecule has 1 fully saturated rings. The minimum absolute atomic E-state index is 0.140. The molecule has 2 aliphatic rings. The number of carbonyl (C=O) groups excluding carboxylic acids is 1. The number of hydrogen-bond acceptors (Lipinski definition) is 7. The molecule has 1 saturated heterocycles. The van der Waals surface area contributed by atoms with Crippen molar-refractivity contribution in [1.82, 2.24) is 20.2 Å². The van der Waals surface area contributed by atoms with Crippen LogP contribution in [0.1, 0.15) is 25.1 Å². The number of rotatable bonds is 6. The Hall–Kier alpha value is -2.75. The van der Waals surface area contributed by atoms with Crippen LogP contribution in [-0.2, 0) is 17.7 Å². The normalized spacial score (nSPS) is 18.8. The van der Waals surface area contributed by atoms with Gasteiger partial charge in [-0.2, -0.15) is 0 Å². The van der Waals surface area contributed by atoms with Gasteiger partial charge in [-0.25, -0.2) is 14.8 Å². The van der Waals surface area contributed by atoms with Crippen molar-refractivity contribution in [3.8, 4) is 11.4 Å². The predicted molar refractivity (Wildman–Crippen MR) is 124 cm³/mol. The summed E-state index contributed by atoms with van der Waals surface area (Å²) in [5, 5.41) is 14.9.